The number of para-hydroxylation sites is 2. The molecule has 0 saturated carbocycles. The monoisotopic (exact) mass is 1880 g/mol. The summed E-state index contributed by atoms with van der Waals surface area (Å²) in [5.41, 5.74) is 20.1. The highest BCUT2D eigenvalue weighted by Gasteiger charge is 2.47. The third-order valence-corrected chi connectivity index (χ3v) is 25.3. The van der Waals surface area contributed by atoms with E-state index in [1.54, 1.807) is 74.8 Å². The second-order valence-electron chi connectivity index (χ2n) is 34.8. The lowest BCUT2D eigenvalue weighted by molar-refractivity contribution is -0.149. The number of fused-ring (bicyclic) bond motifs is 4. The number of H-pyrrole nitrogens is 3. The van der Waals surface area contributed by atoms with Crippen molar-refractivity contribution in [2.24, 2.45) is 23.1 Å². The van der Waals surface area contributed by atoms with E-state index >= 15 is 38.4 Å². The summed E-state index contributed by atoms with van der Waals surface area (Å²) in [6.07, 6.45) is 4.56. The number of aliphatic hydroxyl groups is 2. The number of aromatic amines is 3. The standard InChI is InChI=1S/C91H128N22O20S/c1-9-11-25-71-84(126)102-63(34-50(3)4)80(122)108-70(79(121)98-44-76(94)118)47-134-48-77(119)100-66(35-52-28-30-56(115)31-29-52)87(129)109(6)51(5)78(120)105-68(40-75(93)117)90(132)112-33-19-27-72(112)85(127)104-65(38-55-43-95-49-99-55)82(124)101-62(24-17-18-32-92)89(131)113-45-57(116)39-74(113)86(128)103-64(36-53-41-96-60-22-15-13-20-58(53)60)81(123)107-69(46-114)83(125)106-67(37-54-42-97-61-23-16-14-21-59(54)61)88(130)111(8)73(26-12-10-2)91(133)110(71)7/h13-16,20-23,28-31,41-43,49-51,57,62-74,96-97,114-116H,9-12,17-19,24-27,32-40,44-48,92H2,1-8H3,(H2,93,117)(H2,94,118)(H,95,99)(H,98,121)(H,100,119)(H,101,124)(H,102,126)(H,103,128)(H,104,127)(H,105,120)(H,106,125)(H,107,123)(H,108,122)/t51-,57+,62-,63-,64-,65-,66-,67-,68-,69-,70-,71-,72-,73-,74-/m0/s1. The molecule has 3 aromatic carbocycles. The largest absolute Gasteiger partial charge is 0.508 e. The van der Waals surface area contributed by atoms with Gasteiger partial charge in [-0.2, -0.15) is 0 Å². The Morgan fingerprint density at radius 3 is 1.68 bits per heavy atom. The normalized spacial score (nSPS) is 24.9. The number of nitrogens with one attached hydrogen (secondary N) is 13. The number of phenols is 1. The molecule has 0 aliphatic carbocycles. The number of hydrogen-bond acceptors (Lipinski definition) is 23. The first-order valence-corrected chi connectivity index (χ1v) is 46.5. The molecule has 17 amide bonds. The van der Waals surface area contributed by atoms with E-state index in [-0.39, 0.29) is 101 Å². The molecule has 3 aromatic heterocycles. The van der Waals surface area contributed by atoms with Crippen molar-refractivity contribution in [2.75, 3.05) is 65.4 Å². The molecule has 43 heteroatoms. The zero-order valence-electron chi connectivity index (χ0n) is 76.8. The van der Waals surface area contributed by atoms with Crippen LogP contribution in [0.5, 0.6) is 5.75 Å². The molecule has 3 fully saturated rings. The molecule has 134 heavy (non-hydrogen) atoms. The van der Waals surface area contributed by atoms with E-state index in [0.717, 1.165) is 31.4 Å². The number of unbranched alkanes of at least 4 members (excludes halogenated alkanes) is 3. The molecule has 42 nitrogen and oxygen atoms in total. The van der Waals surface area contributed by atoms with E-state index in [4.69, 9.17) is 17.2 Å². The number of nitrogens with zero attached hydrogens (tertiary/aromatic N) is 6. The SMILES string of the molecule is CCCC[C@H]1C(=O)N(C)[C@@H](CCCC)C(=O)N[C@@H](CC(C)C)C(=O)N[C@H](C(=O)NCC(N)=O)CSCC(=O)N[C@@H](Cc2ccc(O)cc2)C(=O)N(C)[C@@H](C)C(=O)N[C@@H](CC(N)=O)C(=O)N2CCC[C@H]2C(=O)N[C@@H](Cc2c[nH]cn2)C(=O)N[C@@H](CCCCN)C(=O)N2C[C@H](O)C[C@H]2C(=O)N[C@@H](Cc2c[nH]c3ccccc23)C(=O)N[C@@H](CO)C(=O)N[C@@H](Cc2c[nH]c3ccccc23)C(=O)N1C. The van der Waals surface area contributed by atoms with Crippen LogP contribution in [0, 0.1) is 5.92 Å². The smallest absolute Gasteiger partial charge is 0.246 e. The second kappa shape index (κ2) is 50.2. The van der Waals surface area contributed by atoms with Gasteiger partial charge >= 0.3 is 0 Å². The van der Waals surface area contributed by atoms with Gasteiger partial charge in [-0.15, -0.1) is 11.8 Å². The highest BCUT2D eigenvalue weighted by molar-refractivity contribution is 8.00. The first kappa shape index (κ1) is 105. The van der Waals surface area contributed by atoms with Crippen molar-refractivity contribution in [3.05, 3.63) is 120 Å². The van der Waals surface area contributed by atoms with E-state index < -0.39 is 235 Å². The van der Waals surface area contributed by atoms with Gasteiger partial charge in [0.2, 0.25) is 100 Å². The summed E-state index contributed by atoms with van der Waals surface area (Å²) in [4.78, 5) is 269. The second-order valence-corrected chi connectivity index (χ2v) is 35.8. The van der Waals surface area contributed by atoms with Gasteiger partial charge in [-0.05, 0) is 112 Å². The van der Waals surface area contributed by atoms with Crippen LogP contribution >= 0.6 is 11.8 Å². The van der Waals surface area contributed by atoms with Crippen LogP contribution < -0.4 is 70.4 Å². The van der Waals surface area contributed by atoms with Crippen molar-refractivity contribution in [3.63, 3.8) is 0 Å². The summed E-state index contributed by atoms with van der Waals surface area (Å²) in [7, 11) is 3.96. The average Bonchev–Trinajstić information content (AvgIpc) is 1.75. The number of nitrogens with two attached hydrogens (primary N) is 3. The van der Waals surface area contributed by atoms with Gasteiger partial charge in [0.25, 0.3) is 0 Å². The molecule has 0 bridgehead atoms. The summed E-state index contributed by atoms with van der Waals surface area (Å²) in [5.74, 6) is -17.2. The number of aliphatic hydroxyl groups excluding tert-OH is 2. The van der Waals surface area contributed by atoms with Gasteiger partial charge in [0, 0.05) is 112 Å². The number of aromatic hydroxyl groups is 1. The number of imidazole rings is 1. The molecule has 3 aliphatic rings. The number of primary amides is 2. The van der Waals surface area contributed by atoms with Crippen LogP contribution in [-0.4, -0.2) is 316 Å². The van der Waals surface area contributed by atoms with Crippen LogP contribution in [0.4, 0.5) is 0 Å². The maximum Gasteiger partial charge on any atom is 0.246 e. The van der Waals surface area contributed by atoms with Crippen LogP contribution in [0.1, 0.15) is 147 Å². The van der Waals surface area contributed by atoms with Gasteiger partial charge in [-0.3, -0.25) is 81.5 Å². The maximum atomic E-state index is 15.7. The Kier molecular flexibility index (Phi) is 39.2. The number of carbonyl (C=O) groups excluding carboxylic acids is 17. The molecule has 22 N–H and O–H groups in total. The first-order valence-electron chi connectivity index (χ1n) is 45.3. The lowest BCUT2D eigenvalue weighted by Gasteiger charge is -2.36. The molecule has 3 saturated heterocycles. The van der Waals surface area contributed by atoms with Crippen molar-refractivity contribution in [1.82, 2.24) is 97.6 Å². The summed E-state index contributed by atoms with van der Waals surface area (Å²) in [6, 6.07) is -1.88. The van der Waals surface area contributed by atoms with Gasteiger partial charge < -0.3 is 125 Å². The van der Waals surface area contributed by atoms with Crippen molar-refractivity contribution in [1.29, 1.82) is 0 Å². The van der Waals surface area contributed by atoms with Crippen LogP contribution in [0.3, 0.4) is 0 Å². The number of rotatable bonds is 26. The summed E-state index contributed by atoms with van der Waals surface area (Å²) >= 11 is 0.795. The highest BCUT2D eigenvalue weighted by atomic mass is 32.2. The number of benzene rings is 3. The molecule has 3 aliphatic heterocycles. The molecule has 728 valence electrons. The Balaban J connectivity index is 1.10. The topological polar surface area (TPSA) is 626 Å². The predicted octanol–water partition coefficient (Wildman–Crippen LogP) is -2.06. The van der Waals surface area contributed by atoms with Gasteiger partial charge in [-0.1, -0.05) is 102 Å². The molecule has 15 atom stereocenters. The van der Waals surface area contributed by atoms with E-state index in [1.807, 2.05) is 13.8 Å². The van der Waals surface area contributed by atoms with E-state index in [0.29, 0.717) is 70.6 Å². The van der Waals surface area contributed by atoms with Crippen LogP contribution in [0.15, 0.2) is 97.7 Å². The third kappa shape index (κ3) is 28.8. The maximum absolute atomic E-state index is 15.7. The minimum Gasteiger partial charge on any atom is -0.508 e. The Hall–Kier alpha value is -13.0. The molecule has 9 rings (SSSR count). The fraction of sp³-hybridized carbons (Fsp3) is 0.538. The van der Waals surface area contributed by atoms with Gasteiger partial charge in [0.1, 0.15) is 90.3 Å². The van der Waals surface area contributed by atoms with E-state index in [1.165, 1.54) is 69.8 Å². The molecule has 0 unspecified atom stereocenters. The summed E-state index contributed by atoms with van der Waals surface area (Å²) < 4.78 is 0. The average molecular weight is 1880 g/mol. The highest BCUT2D eigenvalue weighted by Crippen LogP contribution is 2.28. The third-order valence-electron chi connectivity index (χ3n) is 24.3. The van der Waals surface area contributed by atoms with E-state index in [2.05, 4.69) is 73.1 Å². The fourth-order valence-electron chi connectivity index (χ4n) is 16.7. The Morgan fingerprint density at radius 2 is 1.08 bits per heavy atom. The van der Waals surface area contributed by atoms with Gasteiger partial charge in [0.05, 0.1) is 43.5 Å². The number of amides is 17. The number of hydrogen-bond donors (Lipinski definition) is 19. The van der Waals surface area contributed by atoms with Crippen LogP contribution in [0.25, 0.3) is 21.8 Å². The zero-order chi connectivity index (χ0) is 97.7. The number of likely N-dealkylation sites (N-methyl/N-ethyl adjacent to an activating group) is 3. The van der Waals surface area contributed by atoms with Crippen molar-refractivity contribution >= 4 is 134 Å². The van der Waals surface area contributed by atoms with Crippen molar-refractivity contribution in [3.8, 4) is 5.75 Å². The zero-order valence-corrected chi connectivity index (χ0v) is 77.6. The van der Waals surface area contributed by atoms with Gasteiger partial charge in [-0.25, -0.2) is 4.98 Å². The van der Waals surface area contributed by atoms with Crippen LogP contribution in [-0.2, 0) is 107 Å². The molecular formula is C91H128N22O20S. The molecule has 6 aromatic rings. The van der Waals surface area contributed by atoms with Crippen LogP contribution in [0.2, 0.25) is 0 Å². The van der Waals surface area contributed by atoms with Crippen molar-refractivity contribution in [2.45, 2.75) is 241 Å². The Labute approximate surface area is 779 Å². The first-order chi connectivity index (χ1) is 63.9. The summed E-state index contributed by atoms with van der Waals surface area (Å²) in [5, 5.41) is 60.8. The minimum atomic E-state index is -1.88. The number of carbonyl (C=O) groups is 17. The Bertz CT molecular complexity index is 5130. The molecule has 0 radical (unpaired) electrons. The molecule has 0 spiro atoms. The number of aromatic nitrogens is 4. The summed E-state index contributed by atoms with van der Waals surface area (Å²) in [6.45, 7) is 6.27. The lowest BCUT2D eigenvalue weighted by atomic mass is 9.99. The molecular weight excluding hydrogens is 1750 g/mol. The molecule has 6 heterocycles. The van der Waals surface area contributed by atoms with Gasteiger partial charge in [0.15, 0.2) is 0 Å². The van der Waals surface area contributed by atoms with E-state index in [9.17, 15) is 58.5 Å². The fourth-order valence-corrected chi connectivity index (χ4v) is 17.6. The van der Waals surface area contributed by atoms with Crippen molar-refractivity contribution < 1.29 is 96.8 Å². The Morgan fingerprint density at radius 1 is 0.545 bits per heavy atom. The predicted molar refractivity (Wildman–Crippen MR) is 494 cm³/mol. The number of thioether (sulfide) groups is 1. The number of phenolic OH excluding ortho intramolecular Hbond substituents is 1. The minimum absolute atomic E-state index is 0.0156. The quantitative estimate of drug-likeness (QED) is 0.0260. The lowest BCUT2D eigenvalue weighted by Crippen LogP contribution is -2.62.